The number of hydrogen-bond donors (Lipinski definition) is 2. The van der Waals surface area contributed by atoms with Gasteiger partial charge in [0, 0.05) is 29.4 Å². The van der Waals surface area contributed by atoms with Crippen molar-refractivity contribution in [2.45, 2.75) is 6.54 Å². The van der Waals surface area contributed by atoms with Gasteiger partial charge in [-0.05, 0) is 24.3 Å². The molecule has 2 heterocycles. The van der Waals surface area contributed by atoms with E-state index in [0.717, 1.165) is 0 Å². The summed E-state index contributed by atoms with van der Waals surface area (Å²) in [7, 11) is -3.87. The van der Waals surface area contributed by atoms with Crippen LogP contribution in [-0.4, -0.2) is 13.4 Å². The van der Waals surface area contributed by atoms with E-state index < -0.39 is 16.1 Å². The molecule has 8 heteroatoms. The summed E-state index contributed by atoms with van der Waals surface area (Å²) >= 11 is 0. The van der Waals surface area contributed by atoms with Gasteiger partial charge in [0.05, 0.1) is 0 Å². The van der Waals surface area contributed by atoms with Gasteiger partial charge in [0.1, 0.15) is 11.6 Å². The van der Waals surface area contributed by atoms with Crippen LogP contribution in [0.15, 0.2) is 30.5 Å². The molecule has 3 N–H and O–H groups in total. The van der Waals surface area contributed by atoms with Crippen molar-refractivity contribution in [3.63, 3.8) is 0 Å². The lowest BCUT2D eigenvalue weighted by Gasteiger charge is -2.20. The Hall–Kier alpha value is -2.19. The van der Waals surface area contributed by atoms with Gasteiger partial charge < -0.3 is 9.92 Å². The van der Waals surface area contributed by atoms with Crippen molar-refractivity contribution in [2.75, 3.05) is 5.73 Å². The number of benzene rings is 1. The van der Waals surface area contributed by atoms with Crippen LogP contribution in [0.5, 0.6) is 5.75 Å². The number of halogens is 1. The van der Waals surface area contributed by atoms with E-state index in [4.69, 9.17) is 9.92 Å². The smallest absolute Gasteiger partial charge is 0.382 e. The maximum absolute atomic E-state index is 13.6. The minimum atomic E-state index is -3.87. The summed E-state index contributed by atoms with van der Waals surface area (Å²) in [6.45, 7) is -0.0230. The number of aromatic nitrogens is 1. The average Bonchev–Trinajstić information content (AvgIpc) is 2.39. The first kappa shape index (κ1) is 12.8. The van der Waals surface area contributed by atoms with Gasteiger partial charge in [0.2, 0.25) is 0 Å². The van der Waals surface area contributed by atoms with E-state index in [2.05, 4.69) is 9.71 Å². The first-order valence-corrected chi connectivity index (χ1v) is 7.09. The highest BCUT2D eigenvalue weighted by Crippen LogP contribution is 2.36. The number of hydrogen-bond acceptors (Lipinski definition) is 5. The molecule has 1 aliphatic rings. The maximum atomic E-state index is 13.6. The fourth-order valence-electron chi connectivity index (χ4n) is 1.96. The molecule has 1 aliphatic heterocycles. The maximum Gasteiger partial charge on any atom is 0.382 e. The molecule has 1 aromatic carbocycles. The summed E-state index contributed by atoms with van der Waals surface area (Å²) in [5, 5.41) is 0. The Balaban J connectivity index is 2.20. The van der Waals surface area contributed by atoms with Crippen LogP contribution in [0.1, 0.15) is 5.56 Å². The normalized spacial score (nSPS) is 16.2. The molecule has 6 nitrogen and oxygen atoms in total. The second-order valence-corrected chi connectivity index (χ2v) is 5.64. The molecule has 20 heavy (non-hydrogen) atoms. The second kappa shape index (κ2) is 4.43. The molecule has 0 fully saturated rings. The van der Waals surface area contributed by atoms with Gasteiger partial charge in [0.15, 0.2) is 5.75 Å². The van der Waals surface area contributed by atoms with Gasteiger partial charge in [-0.2, -0.15) is 13.1 Å². The molecule has 104 valence electrons. The van der Waals surface area contributed by atoms with E-state index in [1.54, 1.807) is 12.1 Å². The lowest BCUT2D eigenvalue weighted by atomic mass is 10.0. The van der Waals surface area contributed by atoms with Crippen molar-refractivity contribution in [3.05, 3.63) is 41.8 Å². The lowest BCUT2D eigenvalue weighted by molar-refractivity contribution is 0.452. The van der Waals surface area contributed by atoms with Gasteiger partial charge in [0.25, 0.3) is 0 Å². The number of nitrogens with zero attached hydrogens (tertiary/aromatic N) is 1. The van der Waals surface area contributed by atoms with Crippen LogP contribution in [0.3, 0.4) is 0 Å². The highest BCUT2D eigenvalue weighted by atomic mass is 32.2. The van der Waals surface area contributed by atoms with E-state index in [1.165, 1.54) is 18.3 Å². The molecule has 0 radical (unpaired) electrons. The van der Waals surface area contributed by atoms with Crippen LogP contribution in [0.2, 0.25) is 0 Å². The molecule has 0 saturated heterocycles. The van der Waals surface area contributed by atoms with Gasteiger partial charge >= 0.3 is 10.3 Å². The summed E-state index contributed by atoms with van der Waals surface area (Å²) in [6, 6.07) is 5.59. The standard InChI is InChI=1S/C12H10FN3O3S/c13-9-3-8-6-16-20(17,18)19-12(8)10(4-9)7-1-2-11(14)15-5-7/h1-5,16H,6H2,(H2,14,15). The number of anilines is 1. The van der Waals surface area contributed by atoms with Crippen molar-refractivity contribution in [1.29, 1.82) is 0 Å². The van der Waals surface area contributed by atoms with Crippen LogP contribution in [0.4, 0.5) is 10.2 Å². The molecule has 2 aromatic rings. The fraction of sp³-hybridized carbons (Fsp3) is 0.0833. The number of fused-ring (bicyclic) bond motifs is 1. The number of nitrogen functional groups attached to an aromatic ring is 1. The largest absolute Gasteiger partial charge is 0.384 e. The van der Waals surface area contributed by atoms with Crippen LogP contribution >= 0.6 is 0 Å². The molecule has 0 saturated carbocycles. The van der Waals surface area contributed by atoms with Crippen LogP contribution < -0.4 is 14.6 Å². The highest BCUT2D eigenvalue weighted by molar-refractivity contribution is 7.85. The Kier molecular flexibility index (Phi) is 2.84. The Bertz CT molecular complexity index is 775. The van der Waals surface area contributed by atoms with Gasteiger partial charge in [-0.25, -0.2) is 9.37 Å². The van der Waals surface area contributed by atoms with E-state index in [0.29, 0.717) is 22.5 Å². The molecule has 0 unspecified atom stereocenters. The number of rotatable bonds is 1. The fourth-order valence-corrected chi connectivity index (χ4v) is 2.77. The van der Waals surface area contributed by atoms with E-state index in [9.17, 15) is 12.8 Å². The quantitative estimate of drug-likeness (QED) is 0.824. The summed E-state index contributed by atoms with van der Waals surface area (Å²) < 4.78 is 43.7. The Morgan fingerprint density at radius 1 is 1.35 bits per heavy atom. The van der Waals surface area contributed by atoms with Gasteiger partial charge in [-0.3, -0.25) is 0 Å². The summed E-state index contributed by atoms with van der Waals surface area (Å²) in [5.41, 5.74) is 6.75. The number of nitrogens with two attached hydrogens (primary N) is 1. The first-order valence-electron chi connectivity index (χ1n) is 5.68. The number of nitrogens with one attached hydrogen (secondary N) is 1. The summed E-state index contributed by atoms with van der Waals surface area (Å²) in [4.78, 5) is 3.91. The summed E-state index contributed by atoms with van der Waals surface area (Å²) in [6.07, 6.45) is 1.43. The number of pyridine rings is 1. The van der Waals surface area contributed by atoms with Crippen molar-refractivity contribution in [1.82, 2.24) is 9.71 Å². The zero-order valence-corrected chi connectivity index (χ0v) is 10.9. The minimum absolute atomic E-state index is 0.0230. The zero-order valence-electron chi connectivity index (χ0n) is 10.1. The van der Waals surface area contributed by atoms with Gasteiger partial charge in [-0.15, -0.1) is 0 Å². The van der Waals surface area contributed by atoms with Gasteiger partial charge in [-0.1, -0.05) is 0 Å². The minimum Gasteiger partial charge on any atom is -0.384 e. The average molecular weight is 295 g/mol. The Morgan fingerprint density at radius 3 is 2.85 bits per heavy atom. The van der Waals surface area contributed by atoms with Crippen LogP contribution in [0, 0.1) is 5.82 Å². The third-order valence-electron chi connectivity index (χ3n) is 2.86. The highest BCUT2D eigenvalue weighted by Gasteiger charge is 2.26. The van der Waals surface area contributed by atoms with Crippen LogP contribution in [0.25, 0.3) is 11.1 Å². The van der Waals surface area contributed by atoms with Crippen molar-refractivity contribution < 1.29 is 17.0 Å². The molecule has 0 bridgehead atoms. The SMILES string of the molecule is Nc1ccc(-c2cc(F)cc3c2OS(=O)(=O)NC3)cn1. The molecule has 3 rings (SSSR count). The predicted octanol–water partition coefficient (Wildman–Crippen LogP) is 1.20. The molecular weight excluding hydrogens is 285 g/mol. The predicted molar refractivity (Wildman–Crippen MR) is 70.4 cm³/mol. The third kappa shape index (κ3) is 2.30. The third-order valence-corrected chi connectivity index (χ3v) is 3.74. The molecule has 1 aromatic heterocycles. The van der Waals surface area contributed by atoms with Crippen molar-refractivity contribution >= 4 is 16.1 Å². The molecular formula is C12H10FN3O3S. The monoisotopic (exact) mass is 295 g/mol. The molecule has 0 aliphatic carbocycles. The van der Waals surface area contributed by atoms with Crippen molar-refractivity contribution in [3.8, 4) is 16.9 Å². The zero-order chi connectivity index (χ0) is 14.3. The van der Waals surface area contributed by atoms with E-state index >= 15 is 0 Å². The van der Waals surface area contributed by atoms with E-state index in [1.807, 2.05) is 0 Å². The van der Waals surface area contributed by atoms with Crippen molar-refractivity contribution in [2.24, 2.45) is 0 Å². The van der Waals surface area contributed by atoms with E-state index in [-0.39, 0.29) is 12.3 Å². The first-order chi connectivity index (χ1) is 9.44. The lowest BCUT2D eigenvalue weighted by Crippen LogP contribution is -2.32. The Labute approximate surface area is 114 Å². The molecule has 0 amide bonds. The second-order valence-electron chi connectivity index (χ2n) is 4.27. The molecule has 0 spiro atoms. The topological polar surface area (TPSA) is 94.3 Å². The summed E-state index contributed by atoms with van der Waals surface area (Å²) in [5.74, 6) is -0.0637. The Morgan fingerprint density at radius 2 is 2.15 bits per heavy atom. The molecule has 0 atom stereocenters. The van der Waals surface area contributed by atoms with Crippen LogP contribution in [-0.2, 0) is 16.8 Å².